The number of hydrogen-bond acceptors (Lipinski definition) is 6. The minimum atomic E-state index is -0.313. The maximum atomic E-state index is 12.8. The lowest BCUT2D eigenvalue weighted by Crippen LogP contribution is -2.36. The summed E-state index contributed by atoms with van der Waals surface area (Å²) in [6.07, 6.45) is 0. The third-order valence-electron chi connectivity index (χ3n) is 4.44. The van der Waals surface area contributed by atoms with Crippen LogP contribution in [0.4, 0.5) is 0 Å². The van der Waals surface area contributed by atoms with Gasteiger partial charge < -0.3 is 19.1 Å². The first kappa shape index (κ1) is 21.9. The minimum Gasteiger partial charge on any atom is -0.493 e. The lowest BCUT2D eigenvalue weighted by atomic mass is 10.0. The van der Waals surface area contributed by atoms with Crippen molar-refractivity contribution in [3.8, 4) is 5.75 Å². The Bertz CT molecular complexity index is 704. The number of methoxy groups -OCH3 is 2. The van der Waals surface area contributed by atoms with Gasteiger partial charge in [0, 0.05) is 34.4 Å². The average molecular weight is 390 g/mol. The fraction of sp³-hybridized carbons (Fsp3) is 0.524. The molecule has 0 unspecified atom stereocenters. The highest BCUT2D eigenvalue weighted by atomic mass is 16.5. The van der Waals surface area contributed by atoms with E-state index in [9.17, 15) is 9.59 Å². The van der Waals surface area contributed by atoms with Crippen molar-refractivity contribution in [2.24, 2.45) is 5.92 Å². The van der Waals surface area contributed by atoms with Gasteiger partial charge in [-0.1, -0.05) is 26.0 Å². The minimum absolute atomic E-state index is 0.310. The Kier molecular flexibility index (Phi) is 8.02. The molecule has 154 valence electrons. The highest BCUT2D eigenvalue weighted by Crippen LogP contribution is 2.31. The fourth-order valence-electron chi connectivity index (χ4n) is 2.90. The van der Waals surface area contributed by atoms with Crippen LogP contribution in [0.25, 0.3) is 5.57 Å². The van der Waals surface area contributed by atoms with Crippen molar-refractivity contribution >= 4 is 17.4 Å². The molecule has 0 spiro atoms. The standard InChI is InChI=1S/C21H30N2O5/c1-15(2)14-28-17-8-6-16(7-9-17)18-19(21(25)22(3)20(18)24)23(10-12-26-4)11-13-27-5/h6-9,15H,10-14H2,1-5H3. The van der Waals surface area contributed by atoms with Gasteiger partial charge in [-0.05, 0) is 23.6 Å². The molecule has 2 rings (SSSR count). The zero-order chi connectivity index (χ0) is 20.7. The Hall–Kier alpha value is -2.38. The largest absolute Gasteiger partial charge is 0.493 e. The van der Waals surface area contributed by atoms with Crippen molar-refractivity contribution in [2.45, 2.75) is 13.8 Å². The van der Waals surface area contributed by atoms with E-state index in [1.165, 1.54) is 7.05 Å². The maximum absolute atomic E-state index is 12.8. The molecule has 7 heteroatoms. The van der Waals surface area contributed by atoms with Crippen LogP contribution >= 0.6 is 0 Å². The highest BCUT2D eigenvalue weighted by Gasteiger charge is 2.39. The monoisotopic (exact) mass is 390 g/mol. The number of ether oxygens (including phenoxy) is 3. The summed E-state index contributed by atoms with van der Waals surface area (Å²) in [4.78, 5) is 28.6. The third-order valence-corrected chi connectivity index (χ3v) is 4.44. The zero-order valence-corrected chi connectivity index (χ0v) is 17.4. The van der Waals surface area contributed by atoms with Gasteiger partial charge in [0.25, 0.3) is 11.8 Å². The van der Waals surface area contributed by atoms with E-state index in [1.807, 2.05) is 29.2 Å². The molecular weight excluding hydrogens is 360 g/mol. The third kappa shape index (κ3) is 5.11. The average Bonchev–Trinajstić information content (AvgIpc) is 2.91. The molecular formula is C21H30N2O5. The van der Waals surface area contributed by atoms with Crippen LogP contribution in [0.5, 0.6) is 5.75 Å². The molecule has 1 aliphatic heterocycles. The molecule has 1 heterocycles. The lowest BCUT2D eigenvalue weighted by Gasteiger charge is -2.25. The second kappa shape index (κ2) is 10.2. The van der Waals surface area contributed by atoms with E-state index in [1.54, 1.807) is 14.2 Å². The van der Waals surface area contributed by atoms with Crippen molar-refractivity contribution in [2.75, 3.05) is 54.2 Å². The van der Waals surface area contributed by atoms with Gasteiger partial charge in [-0.15, -0.1) is 0 Å². The number of nitrogens with zero attached hydrogens (tertiary/aromatic N) is 2. The quantitative estimate of drug-likeness (QED) is 0.539. The Morgan fingerprint density at radius 2 is 1.54 bits per heavy atom. The van der Waals surface area contributed by atoms with Gasteiger partial charge in [-0.2, -0.15) is 0 Å². The van der Waals surface area contributed by atoms with E-state index >= 15 is 0 Å². The van der Waals surface area contributed by atoms with E-state index in [0.29, 0.717) is 55.7 Å². The molecule has 0 fully saturated rings. The van der Waals surface area contributed by atoms with Gasteiger partial charge in [-0.3, -0.25) is 14.5 Å². The predicted octanol–water partition coefficient (Wildman–Crippen LogP) is 2.03. The van der Waals surface area contributed by atoms with Gasteiger partial charge in [0.05, 0.1) is 25.4 Å². The summed E-state index contributed by atoms with van der Waals surface area (Å²) in [5, 5.41) is 0. The number of hydrogen-bond donors (Lipinski definition) is 0. The van der Waals surface area contributed by atoms with Gasteiger partial charge >= 0.3 is 0 Å². The second-order valence-electron chi connectivity index (χ2n) is 7.09. The second-order valence-corrected chi connectivity index (χ2v) is 7.09. The Labute approximate surface area is 166 Å². The number of rotatable bonds is 11. The number of likely N-dealkylation sites (N-methyl/N-ethyl adjacent to an activating group) is 1. The molecule has 0 aliphatic carbocycles. The Morgan fingerprint density at radius 1 is 0.964 bits per heavy atom. The van der Waals surface area contributed by atoms with Crippen LogP contribution in [0.1, 0.15) is 19.4 Å². The fourth-order valence-corrected chi connectivity index (χ4v) is 2.90. The topological polar surface area (TPSA) is 68.3 Å². The van der Waals surface area contributed by atoms with Crippen LogP contribution in [0.3, 0.4) is 0 Å². The first-order chi connectivity index (χ1) is 13.4. The summed E-state index contributed by atoms with van der Waals surface area (Å²) in [5.41, 5.74) is 1.47. The summed E-state index contributed by atoms with van der Waals surface area (Å²) in [7, 11) is 4.71. The van der Waals surface area contributed by atoms with E-state index in [4.69, 9.17) is 14.2 Å². The van der Waals surface area contributed by atoms with E-state index in [0.717, 1.165) is 10.6 Å². The van der Waals surface area contributed by atoms with Crippen molar-refractivity contribution in [1.29, 1.82) is 0 Å². The Morgan fingerprint density at radius 3 is 2.04 bits per heavy atom. The highest BCUT2D eigenvalue weighted by molar-refractivity contribution is 6.35. The van der Waals surface area contributed by atoms with Crippen molar-refractivity contribution < 1.29 is 23.8 Å². The summed E-state index contributed by atoms with van der Waals surface area (Å²) < 4.78 is 16.1. The van der Waals surface area contributed by atoms with Gasteiger partial charge in [-0.25, -0.2) is 0 Å². The van der Waals surface area contributed by atoms with Crippen molar-refractivity contribution in [1.82, 2.24) is 9.80 Å². The predicted molar refractivity (Wildman–Crippen MR) is 107 cm³/mol. The molecule has 0 bridgehead atoms. The molecule has 0 atom stereocenters. The van der Waals surface area contributed by atoms with Crippen LogP contribution in [0.2, 0.25) is 0 Å². The molecule has 1 aliphatic rings. The molecule has 28 heavy (non-hydrogen) atoms. The molecule has 7 nitrogen and oxygen atoms in total. The number of amides is 2. The molecule has 1 aromatic rings. The lowest BCUT2D eigenvalue weighted by molar-refractivity contribution is -0.136. The SMILES string of the molecule is COCCN(CCOC)C1=C(c2ccc(OCC(C)C)cc2)C(=O)N(C)C1=O. The van der Waals surface area contributed by atoms with E-state index < -0.39 is 0 Å². The molecule has 0 aromatic heterocycles. The molecule has 0 saturated carbocycles. The number of imide groups is 1. The van der Waals surface area contributed by atoms with Gasteiger partial charge in [0.1, 0.15) is 11.4 Å². The summed E-state index contributed by atoms with van der Waals surface area (Å²) >= 11 is 0. The number of benzene rings is 1. The molecule has 0 N–H and O–H groups in total. The summed E-state index contributed by atoms with van der Waals surface area (Å²) in [6.45, 7) is 6.64. The summed E-state index contributed by atoms with van der Waals surface area (Å²) in [5.74, 6) is 0.537. The maximum Gasteiger partial charge on any atom is 0.277 e. The Balaban J connectivity index is 2.38. The molecule has 1 aromatic carbocycles. The summed E-state index contributed by atoms with van der Waals surface area (Å²) in [6, 6.07) is 7.29. The van der Waals surface area contributed by atoms with Gasteiger partial charge in [0.2, 0.25) is 0 Å². The van der Waals surface area contributed by atoms with Crippen molar-refractivity contribution in [3.05, 3.63) is 35.5 Å². The first-order valence-corrected chi connectivity index (χ1v) is 9.43. The van der Waals surface area contributed by atoms with E-state index in [2.05, 4.69) is 13.8 Å². The molecule has 0 radical (unpaired) electrons. The number of carbonyl (C=O) groups is 2. The van der Waals surface area contributed by atoms with Crippen LogP contribution in [-0.4, -0.2) is 75.8 Å². The van der Waals surface area contributed by atoms with Crippen LogP contribution in [-0.2, 0) is 19.1 Å². The van der Waals surface area contributed by atoms with Crippen LogP contribution in [0.15, 0.2) is 30.0 Å². The van der Waals surface area contributed by atoms with E-state index in [-0.39, 0.29) is 11.8 Å². The van der Waals surface area contributed by atoms with Crippen LogP contribution < -0.4 is 4.74 Å². The van der Waals surface area contributed by atoms with Crippen LogP contribution in [0, 0.1) is 5.92 Å². The smallest absolute Gasteiger partial charge is 0.277 e. The molecule has 0 saturated heterocycles. The number of carbonyl (C=O) groups excluding carboxylic acids is 2. The van der Waals surface area contributed by atoms with Gasteiger partial charge in [0.15, 0.2) is 0 Å². The normalized spacial score (nSPS) is 14.4. The molecule has 2 amide bonds. The zero-order valence-electron chi connectivity index (χ0n) is 17.4. The van der Waals surface area contributed by atoms with Crippen molar-refractivity contribution in [3.63, 3.8) is 0 Å². The first-order valence-electron chi connectivity index (χ1n) is 9.43.